The monoisotopic (exact) mass is 426 g/mol. The molecule has 7 nitrogen and oxygen atoms in total. The molecule has 1 atom stereocenters. The third-order valence-electron chi connectivity index (χ3n) is 5.16. The van der Waals surface area contributed by atoms with Gasteiger partial charge in [-0.1, -0.05) is 16.8 Å². The molecule has 1 fully saturated rings. The Bertz CT molecular complexity index is 988. The molecule has 1 unspecified atom stereocenters. The molecule has 1 N–H and O–H groups in total. The van der Waals surface area contributed by atoms with Crippen molar-refractivity contribution in [2.75, 3.05) is 25.5 Å². The van der Waals surface area contributed by atoms with Crippen molar-refractivity contribution in [3.05, 3.63) is 59.4 Å². The molecule has 1 amide bonds. The summed E-state index contributed by atoms with van der Waals surface area (Å²) in [5.41, 5.74) is 1.62. The lowest BCUT2D eigenvalue weighted by Crippen LogP contribution is -2.40. The number of amides is 1. The smallest absolute Gasteiger partial charge is 0.241 e. The highest BCUT2D eigenvalue weighted by molar-refractivity contribution is 6.30. The molecule has 1 aromatic heterocycles. The summed E-state index contributed by atoms with van der Waals surface area (Å²) in [4.78, 5) is 19.4. The summed E-state index contributed by atoms with van der Waals surface area (Å²) in [5, 5.41) is 7.72. The van der Waals surface area contributed by atoms with Crippen molar-refractivity contribution >= 4 is 23.2 Å². The van der Waals surface area contributed by atoms with Crippen LogP contribution < -0.4 is 10.1 Å². The van der Waals surface area contributed by atoms with Crippen molar-refractivity contribution in [1.29, 1.82) is 0 Å². The zero-order chi connectivity index (χ0) is 20.9. The third-order valence-corrected chi connectivity index (χ3v) is 5.42. The Morgan fingerprint density at radius 1 is 1.23 bits per heavy atom. The number of aromatic nitrogens is 2. The van der Waals surface area contributed by atoms with Crippen molar-refractivity contribution in [2.24, 2.45) is 5.92 Å². The van der Waals surface area contributed by atoms with Gasteiger partial charge in [-0.05, 0) is 67.9 Å². The van der Waals surface area contributed by atoms with E-state index < -0.39 is 0 Å². The maximum atomic E-state index is 12.7. The number of nitrogens with one attached hydrogen (secondary N) is 1. The van der Waals surface area contributed by atoms with Crippen molar-refractivity contribution in [2.45, 2.75) is 19.4 Å². The van der Waals surface area contributed by atoms with Gasteiger partial charge in [0.1, 0.15) is 5.75 Å². The lowest BCUT2D eigenvalue weighted by molar-refractivity contribution is -0.121. The summed E-state index contributed by atoms with van der Waals surface area (Å²) in [6.45, 7) is 2.07. The fourth-order valence-electron chi connectivity index (χ4n) is 3.56. The van der Waals surface area contributed by atoms with E-state index in [2.05, 4.69) is 20.4 Å². The van der Waals surface area contributed by atoms with Crippen LogP contribution in [0.5, 0.6) is 5.75 Å². The van der Waals surface area contributed by atoms with Crippen LogP contribution in [0.2, 0.25) is 5.02 Å². The summed E-state index contributed by atoms with van der Waals surface area (Å²) < 4.78 is 10.6. The number of benzene rings is 2. The molecule has 156 valence electrons. The SMILES string of the molecule is COc1ccc(NC(=O)C2CCCN(Cc3nc(-c4ccc(Cl)cc4)no3)C2)cc1. The van der Waals surface area contributed by atoms with Crippen LogP contribution in [0, 0.1) is 5.92 Å². The van der Waals surface area contributed by atoms with E-state index >= 15 is 0 Å². The van der Waals surface area contributed by atoms with E-state index in [9.17, 15) is 4.79 Å². The standard InChI is InChI=1S/C22H23ClN4O3/c1-29-19-10-8-18(9-11-19)24-22(28)16-3-2-12-27(13-16)14-20-25-21(26-30-20)15-4-6-17(23)7-5-15/h4-11,16H,2-3,12-14H2,1H3,(H,24,28). The lowest BCUT2D eigenvalue weighted by atomic mass is 9.97. The van der Waals surface area contributed by atoms with Crippen LogP contribution in [0.15, 0.2) is 53.1 Å². The Kier molecular flexibility index (Phi) is 6.30. The second kappa shape index (κ2) is 9.28. The first kappa shape index (κ1) is 20.4. The number of hydrogen-bond donors (Lipinski definition) is 1. The predicted molar refractivity (Wildman–Crippen MR) is 114 cm³/mol. The molecule has 1 aliphatic rings. The fraction of sp³-hybridized carbons (Fsp3) is 0.318. The molecule has 0 radical (unpaired) electrons. The first-order valence-electron chi connectivity index (χ1n) is 9.86. The van der Waals surface area contributed by atoms with E-state index in [1.165, 1.54) is 0 Å². The summed E-state index contributed by atoms with van der Waals surface area (Å²) >= 11 is 5.93. The van der Waals surface area contributed by atoms with E-state index in [4.69, 9.17) is 20.9 Å². The van der Waals surface area contributed by atoms with Gasteiger partial charge in [0.25, 0.3) is 0 Å². The number of hydrogen-bond acceptors (Lipinski definition) is 6. The zero-order valence-corrected chi connectivity index (χ0v) is 17.4. The number of anilines is 1. The predicted octanol–water partition coefficient (Wildman–Crippen LogP) is 4.25. The molecule has 2 aromatic carbocycles. The highest BCUT2D eigenvalue weighted by Crippen LogP contribution is 2.23. The Labute approximate surface area is 180 Å². The minimum Gasteiger partial charge on any atom is -0.497 e. The fourth-order valence-corrected chi connectivity index (χ4v) is 3.68. The highest BCUT2D eigenvalue weighted by atomic mass is 35.5. The summed E-state index contributed by atoms with van der Waals surface area (Å²) in [6, 6.07) is 14.7. The van der Waals surface area contributed by atoms with E-state index in [0.717, 1.165) is 36.4 Å². The summed E-state index contributed by atoms with van der Waals surface area (Å²) in [7, 11) is 1.62. The maximum absolute atomic E-state index is 12.7. The molecule has 0 saturated carbocycles. The van der Waals surface area contributed by atoms with Crippen molar-refractivity contribution in [3.63, 3.8) is 0 Å². The molecule has 3 aromatic rings. The van der Waals surface area contributed by atoms with Gasteiger partial charge in [0.2, 0.25) is 17.6 Å². The van der Waals surface area contributed by atoms with Gasteiger partial charge in [0, 0.05) is 22.8 Å². The van der Waals surface area contributed by atoms with Crippen LogP contribution in [-0.2, 0) is 11.3 Å². The molecule has 0 aliphatic carbocycles. The number of rotatable bonds is 6. The van der Waals surface area contributed by atoms with Crippen LogP contribution in [0.4, 0.5) is 5.69 Å². The van der Waals surface area contributed by atoms with Crippen LogP contribution in [-0.4, -0.2) is 41.1 Å². The van der Waals surface area contributed by atoms with Crippen molar-refractivity contribution in [3.8, 4) is 17.1 Å². The Morgan fingerprint density at radius 2 is 2.00 bits per heavy atom. The number of ether oxygens (including phenoxy) is 1. The quantitative estimate of drug-likeness (QED) is 0.634. The van der Waals surface area contributed by atoms with Gasteiger partial charge in [0.15, 0.2) is 0 Å². The van der Waals surface area contributed by atoms with Gasteiger partial charge in [-0.15, -0.1) is 0 Å². The van der Waals surface area contributed by atoms with Crippen LogP contribution in [0.25, 0.3) is 11.4 Å². The average molecular weight is 427 g/mol. The number of halogens is 1. The molecule has 30 heavy (non-hydrogen) atoms. The van der Waals surface area contributed by atoms with Crippen LogP contribution in [0.1, 0.15) is 18.7 Å². The molecule has 2 heterocycles. The minimum absolute atomic E-state index is 0.0252. The molecule has 0 spiro atoms. The molecular weight excluding hydrogens is 404 g/mol. The second-order valence-electron chi connectivity index (χ2n) is 7.31. The van der Waals surface area contributed by atoms with Crippen LogP contribution >= 0.6 is 11.6 Å². The van der Waals surface area contributed by atoms with E-state index in [1.54, 1.807) is 19.2 Å². The first-order valence-corrected chi connectivity index (χ1v) is 10.2. The minimum atomic E-state index is -0.0838. The van der Waals surface area contributed by atoms with E-state index in [0.29, 0.717) is 29.8 Å². The number of methoxy groups -OCH3 is 1. The van der Waals surface area contributed by atoms with Gasteiger partial charge >= 0.3 is 0 Å². The van der Waals surface area contributed by atoms with E-state index in [1.807, 2.05) is 36.4 Å². The third kappa shape index (κ3) is 4.98. The average Bonchev–Trinajstić information content (AvgIpc) is 3.23. The molecule has 4 rings (SSSR count). The number of carbonyl (C=O) groups excluding carboxylic acids is 1. The molecule has 1 saturated heterocycles. The Hall–Kier alpha value is -2.90. The molecule has 8 heteroatoms. The maximum Gasteiger partial charge on any atom is 0.241 e. The van der Waals surface area contributed by atoms with Gasteiger partial charge in [-0.25, -0.2) is 0 Å². The van der Waals surface area contributed by atoms with Gasteiger partial charge in [-0.2, -0.15) is 4.98 Å². The number of piperidine rings is 1. The number of likely N-dealkylation sites (tertiary alicyclic amines) is 1. The zero-order valence-electron chi connectivity index (χ0n) is 16.7. The van der Waals surface area contributed by atoms with Crippen molar-refractivity contribution < 1.29 is 14.1 Å². The number of carbonyl (C=O) groups is 1. The summed E-state index contributed by atoms with van der Waals surface area (Å²) in [6.07, 6.45) is 1.80. The molecule has 1 aliphatic heterocycles. The van der Waals surface area contributed by atoms with Crippen molar-refractivity contribution in [1.82, 2.24) is 15.0 Å². The Balaban J connectivity index is 1.34. The second-order valence-corrected chi connectivity index (χ2v) is 7.75. The number of nitrogens with zero attached hydrogens (tertiary/aromatic N) is 3. The highest BCUT2D eigenvalue weighted by Gasteiger charge is 2.27. The van der Waals surface area contributed by atoms with Gasteiger partial charge in [0.05, 0.1) is 19.6 Å². The van der Waals surface area contributed by atoms with Gasteiger partial charge in [-0.3, -0.25) is 9.69 Å². The Morgan fingerprint density at radius 3 is 2.73 bits per heavy atom. The molecular formula is C22H23ClN4O3. The van der Waals surface area contributed by atoms with Gasteiger partial charge < -0.3 is 14.6 Å². The first-order chi connectivity index (χ1) is 14.6. The largest absolute Gasteiger partial charge is 0.497 e. The van der Waals surface area contributed by atoms with Crippen LogP contribution in [0.3, 0.4) is 0 Å². The molecule has 0 bridgehead atoms. The normalized spacial score (nSPS) is 16.9. The lowest BCUT2D eigenvalue weighted by Gasteiger charge is -2.30. The summed E-state index contributed by atoms with van der Waals surface area (Å²) in [5.74, 6) is 1.77. The topological polar surface area (TPSA) is 80.5 Å². The van der Waals surface area contributed by atoms with E-state index in [-0.39, 0.29) is 11.8 Å².